The molecule has 0 saturated carbocycles. The normalized spacial score (nSPS) is 10.4. The number of hydrogen-bond acceptors (Lipinski definition) is 3. The molecule has 244 valence electrons. The van der Waals surface area contributed by atoms with E-state index in [-0.39, 0.29) is 119 Å². The fourth-order valence-electron chi connectivity index (χ4n) is 5.51. The molecule has 0 aromatic carbocycles. The first kappa shape index (κ1) is 51.3. The molecule has 0 amide bonds. The summed E-state index contributed by atoms with van der Waals surface area (Å²) < 4.78 is 5.01. The second kappa shape index (κ2) is 45.5. The standard InChI is InChI=1S/C36H70O3.2Ca.Mg.6H/c1-3-5-7-9-11-13-15-17-19-21-23-25-27-29-31-33-35(37)39-36(38)34-32-30-28-26-24-22-20-18-16-14-12-10-8-6-4-2;;;;;;;;;/h3-34H2,1-2H3;;;;;;;;;/q;3*+2;6*-1. The van der Waals surface area contributed by atoms with Crippen LogP contribution in [0.1, 0.15) is 228 Å². The smallest absolute Gasteiger partial charge is 1.00 e. The summed E-state index contributed by atoms with van der Waals surface area (Å²) in [7, 11) is 0. The fraction of sp³-hybridized carbons (Fsp3) is 0.944. The van der Waals surface area contributed by atoms with Crippen LogP contribution in [0, 0.1) is 0 Å². The summed E-state index contributed by atoms with van der Waals surface area (Å²) in [4.78, 5) is 23.8. The third kappa shape index (κ3) is 44.6. The van der Waals surface area contributed by atoms with Crippen LogP contribution in [0.5, 0.6) is 0 Å². The summed E-state index contributed by atoms with van der Waals surface area (Å²) in [6.45, 7) is 4.55. The number of carbonyl (C=O) groups is 2. The van der Waals surface area contributed by atoms with E-state index >= 15 is 0 Å². The van der Waals surface area contributed by atoms with Crippen LogP contribution in [0.2, 0.25) is 0 Å². The maximum atomic E-state index is 11.9. The topological polar surface area (TPSA) is 43.4 Å². The Hall–Kier alpha value is 2.43. The number of hydrogen-bond donors (Lipinski definition) is 0. The van der Waals surface area contributed by atoms with Gasteiger partial charge in [-0.25, -0.2) is 0 Å². The summed E-state index contributed by atoms with van der Waals surface area (Å²) in [5.41, 5.74) is 0. The van der Waals surface area contributed by atoms with Crippen LogP contribution < -0.4 is 0 Å². The van der Waals surface area contributed by atoms with E-state index in [9.17, 15) is 9.59 Å². The predicted octanol–water partition coefficient (Wildman–Crippen LogP) is 12.1. The van der Waals surface area contributed by atoms with Crippen LogP contribution in [0.15, 0.2) is 0 Å². The van der Waals surface area contributed by atoms with Crippen LogP contribution in [0.3, 0.4) is 0 Å². The molecule has 0 aromatic rings. The van der Waals surface area contributed by atoms with Crippen molar-refractivity contribution in [3.05, 3.63) is 0 Å². The van der Waals surface area contributed by atoms with Crippen LogP contribution in [0.4, 0.5) is 0 Å². The molecule has 0 spiro atoms. The van der Waals surface area contributed by atoms with E-state index in [1.165, 1.54) is 167 Å². The molecule has 0 saturated heterocycles. The molecule has 0 heterocycles. The molecule has 0 radical (unpaired) electrons. The maximum Gasteiger partial charge on any atom is 2.00 e. The number of carbonyl (C=O) groups excluding carboxylic acids is 2. The van der Waals surface area contributed by atoms with Crippen molar-refractivity contribution >= 4 is 110 Å². The van der Waals surface area contributed by atoms with Gasteiger partial charge in [-0.3, -0.25) is 9.59 Å². The van der Waals surface area contributed by atoms with Gasteiger partial charge in [-0.15, -0.1) is 0 Å². The first-order valence-electron chi connectivity index (χ1n) is 17.9. The van der Waals surface area contributed by atoms with E-state index in [0.29, 0.717) is 12.8 Å². The average Bonchev–Trinajstić information content (AvgIpc) is 2.93. The molecule has 0 rings (SSSR count). The number of rotatable bonds is 32. The first-order valence-corrected chi connectivity index (χ1v) is 17.9. The predicted molar refractivity (Wildman–Crippen MR) is 194 cm³/mol. The minimum atomic E-state index is -0.323. The first-order chi connectivity index (χ1) is 19.2. The molecule has 0 fully saturated rings. The Morgan fingerprint density at radius 3 is 0.714 bits per heavy atom. The van der Waals surface area contributed by atoms with Gasteiger partial charge in [0.15, 0.2) is 0 Å². The van der Waals surface area contributed by atoms with Crippen molar-refractivity contribution in [1.82, 2.24) is 0 Å². The van der Waals surface area contributed by atoms with Gasteiger partial charge in [0.05, 0.1) is 0 Å². The Kier molecular flexibility index (Phi) is 55.6. The van der Waals surface area contributed by atoms with Crippen LogP contribution in [0.25, 0.3) is 0 Å². The maximum absolute atomic E-state index is 11.9. The average molecular weight is 661 g/mol. The number of ether oxygens (including phenoxy) is 1. The third-order valence-electron chi connectivity index (χ3n) is 8.20. The summed E-state index contributed by atoms with van der Waals surface area (Å²) in [5.74, 6) is -0.647. The van der Waals surface area contributed by atoms with E-state index in [4.69, 9.17) is 4.74 Å². The van der Waals surface area contributed by atoms with Crippen molar-refractivity contribution in [2.75, 3.05) is 0 Å². The molecule has 0 unspecified atom stereocenters. The monoisotopic (exact) mass is 660 g/mol. The van der Waals surface area contributed by atoms with Gasteiger partial charge < -0.3 is 13.3 Å². The molecule has 0 aliphatic carbocycles. The molecular formula is C36H76Ca2MgO3. The molecule has 0 N–H and O–H groups in total. The number of unbranched alkanes of at least 4 members (excludes halogenated alkanes) is 28. The van der Waals surface area contributed by atoms with Crippen molar-refractivity contribution in [2.45, 2.75) is 219 Å². The molecule has 0 aliphatic rings. The van der Waals surface area contributed by atoms with Crippen molar-refractivity contribution < 1.29 is 22.9 Å². The summed E-state index contributed by atoms with van der Waals surface area (Å²) in [6, 6.07) is 0. The van der Waals surface area contributed by atoms with Crippen molar-refractivity contribution in [3.8, 4) is 0 Å². The Labute approximate surface area is 348 Å². The van der Waals surface area contributed by atoms with E-state index in [1.807, 2.05) is 0 Å². The van der Waals surface area contributed by atoms with Crippen LogP contribution in [-0.4, -0.2) is 110 Å². The second-order valence-corrected chi connectivity index (χ2v) is 12.2. The van der Waals surface area contributed by atoms with Gasteiger partial charge in [-0.1, -0.05) is 194 Å². The van der Waals surface area contributed by atoms with Gasteiger partial charge in [-0.2, -0.15) is 0 Å². The Morgan fingerprint density at radius 1 is 0.357 bits per heavy atom. The molecule has 6 heteroatoms. The third-order valence-corrected chi connectivity index (χ3v) is 8.20. The molecule has 0 atom stereocenters. The van der Waals surface area contributed by atoms with Gasteiger partial charge in [0.1, 0.15) is 0 Å². The van der Waals surface area contributed by atoms with Crippen LogP contribution >= 0.6 is 0 Å². The summed E-state index contributed by atoms with van der Waals surface area (Å²) in [6.07, 6.45) is 40.1. The second-order valence-electron chi connectivity index (χ2n) is 12.2. The Morgan fingerprint density at radius 2 is 0.524 bits per heavy atom. The molecule has 0 bridgehead atoms. The zero-order valence-electron chi connectivity index (χ0n) is 35.0. The van der Waals surface area contributed by atoms with Crippen LogP contribution in [-0.2, 0) is 14.3 Å². The largest absolute Gasteiger partial charge is 2.00 e. The zero-order valence-corrected chi connectivity index (χ0v) is 34.8. The molecule has 42 heavy (non-hydrogen) atoms. The van der Waals surface area contributed by atoms with Gasteiger partial charge >= 0.3 is 110 Å². The summed E-state index contributed by atoms with van der Waals surface area (Å²) in [5, 5.41) is 0. The minimum absolute atomic E-state index is 0. The van der Waals surface area contributed by atoms with E-state index < -0.39 is 0 Å². The Balaban J connectivity index is -0.000000201. The van der Waals surface area contributed by atoms with Gasteiger partial charge in [0, 0.05) is 12.8 Å². The van der Waals surface area contributed by atoms with Gasteiger partial charge in [-0.05, 0) is 12.8 Å². The quantitative estimate of drug-likeness (QED) is 0.0312. The van der Waals surface area contributed by atoms with Crippen molar-refractivity contribution in [3.63, 3.8) is 0 Å². The zero-order chi connectivity index (χ0) is 28.5. The minimum Gasteiger partial charge on any atom is -1.00 e. The fourth-order valence-corrected chi connectivity index (χ4v) is 5.51. The van der Waals surface area contributed by atoms with E-state index in [2.05, 4.69) is 13.8 Å². The summed E-state index contributed by atoms with van der Waals surface area (Å²) >= 11 is 0. The van der Waals surface area contributed by atoms with E-state index in [1.54, 1.807) is 0 Å². The van der Waals surface area contributed by atoms with Crippen molar-refractivity contribution in [2.24, 2.45) is 0 Å². The van der Waals surface area contributed by atoms with Gasteiger partial charge in [0.25, 0.3) is 0 Å². The number of esters is 2. The van der Waals surface area contributed by atoms with Crippen molar-refractivity contribution in [1.29, 1.82) is 0 Å². The molecule has 0 aromatic heterocycles. The molecule has 0 aliphatic heterocycles. The molecule has 3 nitrogen and oxygen atoms in total. The molecular weight excluding hydrogens is 585 g/mol. The van der Waals surface area contributed by atoms with Gasteiger partial charge in [0.2, 0.25) is 0 Å². The Bertz CT molecular complexity index is 502. The van der Waals surface area contributed by atoms with E-state index in [0.717, 1.165) is 25.7 Å². The SMILES string of the molecule is CCCCCCCCCCCCCCCCCC(=O)OC(=O)CCCCCCCCCCCCCCCCC.[Ca+2].[Ca+2].[H-].[H-].[H-].[H-].[H-].[H-].[Mg+2].